The molecule has 0 saturated carbocycles. The van der Waals surface area contributed by atoms with Crippen molar-refractivity contribution in [2.24, 2.45) is 5.10 Å². The van der Waals surface area contributed by atoms with Crippen molar-refractivity contribution in [2.75, 3.05) is 0 Å². The van der Waals surface area contributed by atoms with Gasteiger partial charge in [0.2, 0.25) is 0 Å². The maximum atomic E-state index is 12.7. The quantitative estimate of drug-likeness (QED) is 0.495. The molecular formula is C13H9BClN3O5S. The van der Waals surface area contributed by atoms with Crippen LogP contribution < -0.4 is 5.46 Å². The van der Waals surface area contributed by atoms with Gasteiger partial charge in [-0.2, -0.15) is 9.43 Å². The third-order valence-electron chi connectivity index (χ3n) is 3.44. The number of nitro benzene ring substituents is 1. The summed E-state index contributed by atoms with van der Waals surface area (Å²) in [4.78, 5) is 9.66. The zero-order chi connectivity index (χ0) is 17.5. The fourth-order valence-corrected chi connectivity index (χ4v) is 4.03. The van der Waals surface area contributed by atoms with E-state index in [1.807, 2.05) is 0 Å². The normalized spacial score (nSPS) is 13.8. The van der Waals surface area contributed by atoms with E-state index in [1.165, 1.54) is 6.21 Å². The first kappa shape index (κ1) is 16.4. The minimum atomic E-state index is -4.30. The first-order valence-corrected chi connectivity index (χ1v) is 8.43. The van der Waals surface area contributed by atoms with Crippen LogP contribution in [0.25, 0.3) is 0 Å². The number of rotatable bonds is 3. The van der Waals surface area contributed by atoms with Gasteiger partial charge in [0.05, 0.1) is 16.2 Å². The molecule has 0 atom stereocenters. The van der Waals surface area contributed by atoms with Crippen LogP contribution in [-0.2, 0) is 10.0 Å². The van der Waals surface area contributed by atoms with Crippen LogP contribution in [0.2, 0.25) is 5.02 Å². The van der Waals surface area contributed by atoms with Crippen molar-refractivity contribution in [3.63, 3.8) is 0 Å². The average molecular weight is 366 g/mol. The Kier molecular flexibility index (Phi) is 4.04. The Morgan fingerprint density at radius 3 is 2.62 bits per heavy atom. The summed E-state index contributed by atoms with van der Waals surface area (Å²) >= 11 is 5.88. The molecule has 122 valence electrons. The molecule has 0 radical (unpaired) electrons. The number of halogens is 1. The standard InChI is InChI=1S/C13H9BClN3O5S/c15-12-7-10(17(20)21)5-6-13(12)24(22,23)18-14(19)11-4-2-1-3-9(11)8-16-18/h1-8,19H. The van der Waals surface area contributed by atoms with Crippen LogP contribution in [0.3, 0.4) is 0 Å². The molecule has 1 aliphatic heterocycles. The Hall–Kier alpha value is -2.43. The number of nitro groups is 1. The van der Waals surface area contributed by atoms with Crippen molar-refractivity contribution in [1.29, 1.82) is 0 Å². The van der Waals surface area contributed by atoms with Crippen LogP contribution >= 0.6 is 11.6 Å². The molecule has 0 spiro atoms. The molecule has 0 aliphatic carbocycles. The smallest absolute Gasteiger partial charge is 0.427 e. The average Bonchev–Trinajstić information content (AvgIpc) is 2.54. The molecule has 0 saturated heterocycles. The number of fused-ring (bicyclic) bond motifs is 1. The maximum absolute atomic E-state index is 12.7. The summed E-state index contributed by atoms with van der Waals surface area (Å²) in [5.74, 6) is 0. The summed E-state index contributed by atoms with van der Waals surface area (Å²) in [5, 5.41) is 24.5. The molecule has 24 heavy (non-hydrogen) atoms. The zero-order valence-corrected chi connectivity index (χ0v) is 13.5. The number of nitrogens with zero attached hydrogens (tertiary/aromatic N) is 3. The van der Waals surface area contributed by atoms with Gasteiger partial charge >= 0.3 is 7.05 Å². The minimum absolute atomic E-state index is 0.328. The Balaban J connectivity index is 2.05. The molecule has 3 rings (SSSR count). The largest absolute Gasteiger partial charge is 0.484 e. The fraction of sp³-hybridized carbons (Fsp3) is 0. The molecule has 0 unspecified atom stereocenters. The maximum Gasteiger partial charge on any atom is 0.484 e. The molecule has 1 N–H and O–H groups in total. The highest BCUT2D eigenvalue weighted by atomic mass is 35.5. The molecule has 0 fully saturated rings. The number of sulfonamides is 1. The second-order valence-electron chi connectivity index (χ2n) is 4.90. The summed E-state index contributed by atoms with van der Waals surface area (Å²) in [6.07, 6.45) is 1.30. The highest BCUT2D eigenvalue weighted by Crippen LogP contribution is 2.29. The lowest BCUT2D eigenvalue weighted by molar-refractivity contribution is -0.384. The van der Waals surface area contributed by atoms with Crippen molar-refractivity contribution in [3.8, 4) is 0 Å². The number of hydrazone groups is 1. The Morgan fingerprint density at radius 1 is 1.25 bits per heavy atom. The summed E-state index contributed by atoms with van der Waals surface area (Å²) in [7, 11) is -5.82. The van der Waals surface area contributed by atoms with Crippen molar-refractivity contribution in [2.45, 2.75) is 4.90 Å². The minimum Gasteiger partial charge on any atom is -0.427 e. The third-order valence-corrected chi connectivity index (χ3v) is 5.57. The number of non-ortho nitro benzene ring substituents is 1. The first-order valence-electron chi connectivity index (χ1n) is 6.62. The van der Waals surface area contributed by atoms with Gasteiger partial charge < -0.3 is 5.02 Å². The fourth-order valence-electron chi connectivity index (χ4n) is 2.27. The predicted octanol–water partition coefficient (Wildman–Crippen LogP) is 0.974. The molecule has 0 amide bonds. The second kappa shape index (κ2) is 5.89. The van der Waals surface area contributed by atoms with Gasteiger partial charge in [-0.05, 0) is 17.1 Å². The van der Waals surface area contributed by atoms with E-state index in [4.69, 9.17) is 11.6 Å². The Morgan fingerprint density at radius 2 is 1.96 bits per heavy atom. The van der Waals surface area contributed by atoms with Crippen molar-refractivity contribution >= 4 is 46.0 Å². The third kappa shape index (κ3) is 2.64. The molecule has 0 aromatic heterocycles. The highest BCUT2D eigenvalue weighted by Gasteiger charge is 2.39. The van der Waals surface area contributed by atoms with Crippen LogP contribution in [0.1, 0.15) is 5.56 Å². The molecule has 2 aromatic carbocycles. The van der Waals surface area contributed by atoms with Crippen molar-refractivity contribution in [3.05, 3.63) is 63.2 Å². The van der Waals surface area contributed by atoms with E-state index < -0.39 is 22.0 Å². The number of hydrogen-bond donors (Lipinski definition) is 1. The SMILES string of the molecule is O=[N+]([O-])c1ccc(S(=O)(=O)N2N=Cc3ccccc3B2O)c(Cl)c1. The summed E-state index contributed by atoms with van der Waals surface area (Å²) in [6.45, 7) is 0. The molecular weight excluding hydrogens is 356 g/mol. The van der Waals surface area contributed by atoms with Gasteiger partial charge in [0.1, 0.15) is 4.90 Å². The molecule has 0 bridgehead atoms. The zero-order valence-electron chi connectivity index (χ0n) is 11.9. The van der Waals surface area contributed by atoms with E-state index in [1.54, 1.807) is 24.3 Å². The topological polar surface area (TPSA) is 113 Å². The Bertz CT molecular complexity index is 966. The lowest BCUT2D eigenvalue weighted by Gasteiger charge is -2.26. The van der Waals surface area contributed by atoms with Crippen molar-refractivity contribution in [1.82, 2.24) is 4.33 Å². The van der Waals surface area contributed by atoms with Gasteiger partial charge in [-0.3, -0.25) is 10.1 Å². The van der Waals surface area contributed by atoms with Crippen LogP contribution in [-0.4, -0.2) is 36.0 Å². The lowest BCUT2D eigenvalue weighted by atomic mass is 9.72. The molecule has 11 heteroatoms. The second-order valence-corrected chi connectivity index (χ2v) is 7.07. The van der Waals surface area contributed by atoms with E-state index in [-0.39, 0.29) is 15.6 Å². The predicted molar refractivity (Wildman–Crippen MR) is 88.8 cm³/mol. The summed E-state index contributed by atoms with van der Waals surface area (Å²) < 4.78 is 25.9. The van der Waals surface area contributed by atoms with Crippen molar-refractivity contribution < 1.29 is 18.4 Å². The molecule has 2 aromatic rings. The first-order chi connectivity index (χ1) is 11.3. The van der Waals surface area contributed by atoms with E-state index >= 15 is 0 Å². The Labute approximate surface area is 142 Å². The van der Waals surface area contributed by atoms with Crippen LogP contribution in [0.15, 0.2) is 52.5 Å². The van der Waals surface area contributed by atoms with E-state index in [0.717, 1.165) is 18.2 Å². The van der Waals surface area contributed by atoms with Crippen LogP contribution in [0.4, 0.5) is 5.69 Å². The van der Waals surface area contributed by atoms with Gasteiger partial charge in [0.25, 0.3) is 15.7 Å². The van der Waals surface area contributed by atoms with Gasteiger partial charge in [0, 0.05) is 12.1 Å². The van der Waals surface area contributed by atoms with E-state index in [2.05, 4.69) is 5.10 Å². The number of benzene rings is 2. The van der Waals surface area contributed by atoms with Crippen LogP contribution in [0.5, 0.6) is 0 Å². The van der Waals surface area contributed by atoms with E-state index in [9.17, 15) is 23.6 Å². The summed E-state index contributed by atoms with van der Waals surface area (Å²) in [5.41, 5.74) is 0.618. The van der Waals surface area contributed by atoms with E-state index in [0.29, 0.717) is 15.4 Å². The van der Waals surface area contributed by atoms with Gasteiger partial charge in [-0.1, -0.05) is 35.9 Å². The van der Waals surface area contributed by atoms with Gasteiger partial charge in [-0.25, -0.2) is 8.42 Å². The van der Waals surface area contributed by atoms with Gasteiger partial charge in [-0.15, -0.1) is 0 Å². The molecule has 1 heterocycles. The monoisotopic (exact) mass is 365 g/mol. The molecule has 1 aliphatic rings. The van der Waals surface area contributed by atoms with Gasteiger partial charge in [0.15, 0.2) is 0 Å². The lowest BCUT2D eigenvalue weighted by Crippen LogP contribution is -2.52. The van der Waals surface area contributed by atoms with Crippen LogP contribution in [0, 0.1) is 10.1 Å². The molecule has 8 nitrogen and oxygen atoms in total. The summed E-state index contributed by atoms with van der Waals surface area (Å²) in [6, 6.07) is 9.61. The highest BCUT2D eigenvalue weighted by molar-refractivity contribution is 7.90. The number of hydrogen-bond acceptors (Lipinski definition) is 6.